The molecule has 0 amide bonds. The maximum Gasteiger partial charge on any atom is 0.337 e. The highest BCUT2D eigenvalue weighted by Gasteiger charge is 2.09. The Bertz CT molecular complexity index is 512. The van der Waals surface area contributed by atoms with Gasteiger partial charge in [-0.15, -0.1) is 5.10 Å². The summed E-state index contributed by atoms with van der Waals surface area (Å²) in [5.41, 5.74) is 6.67. The van der Waals surface area contributed by atoms with Gasteiger partial charge >= 0.3 is 6.01 Å². The van der Waals surface area contributed by atoms with E-state index in [0.29, 0.717) is 24.1 Å². The molecule has 0 aliphatic heterocycles. The van der Waals surface area contributed by atoms with Gasteiger partial charge in [-0.1, -0.05) is 29.8 Å². The van der Waals surface area contributed by atoms with Crippen molar-refractivity contribution in [2.24, 2.45) is 0 Å². The fourth-order valence-corrected chi connectivity index (χ4v) is 1.62. The molecule has 1 aromatic heterocycles. The Morgan fingerprint density at radius 2 is 2.18 bits per heavy atom. The number of nitrogen functional groups attached to an aromatic ring is 1. The minimum Gasteiger partial charge on any atom is -0.463 e. The second-order valence-electron chi connectivity index (χ2n) is 3.43. The predicted octanol–water partition coefficient (Wildman–Crippen LogP) is 1.96. The van der Waals surface area contributed by atoms with Crippen molar-refractivity contribution in [3.05, 3.63) is 34.9 Å². The third kappa shape index (κ3) is 2.68. The summed E-state index contributed by atoms with van der Waals surface area (Å²) in [6, 6.07) is 7.83. The molecule has 0 bridgehead atoms. The van der Waals surface area contributed by atoms with Crippen LogP contribution in [0.15, 0.2) is 24.3 Å². The molecule has 2 N–H and O–H groups in total. The van der Waals surface area contributed by atoms with Crippen LogP contribution in [0.1, 0.15) is 12.5 Å². The lowest BCUT2D eigenvalue weighted by Gasteiger charge is -2.04. The number of hydrogen-bond acceptors (Lipinski definition) is 4. The maximum atomic E-state index is 6.06. The SMILES string of the molecule is CCOc1nc(N)n(Cc2ccccc2Cl)n1. The van der Waals surface area contributed by atoms with Gasteiger partial charge in [-0.2, -0.15) is 4.98 Å². The van der Waals surface area contributed by atoms with Crippen molar-refractivity contribution in [1.29, 1.82) is 0 Å². The summed E-state index contributed by atoms with van der Waals surface area (Å²) in [4.78, 5) is 3.99. The van der Waals surface area contributed by atoms with Crippen LogP contribution in [0.3, 0.4) is 0 Å². The van der Waals surface area contributed by atoms with Crippen LogP contribution in [0.5, 0.6) is 6.01 Å². The van der Waals surface area contributed by atoms with E-state index >= 15 is 0 Å². The average molecular weight is 253 g/mol. The van der Waals surface area contributed by atoms with E-state index < -0.39 is 0 Å². The van der Waals surface area contributed by atoms with Crippen molar-refractivity contribution in [2.75, 3.05) is 12.3 Å². The van der Waals surface area contributed by atoms with Crippen LogP contribution in [0, 0.1) is 0 Å². The van der Waals surface area contributed by atoms with Crippen molar-refractivity contribution in [1.82, 2.24) is 14.8 Å². The molecule has 2 aromatic rings. The first kappa shape index (κ1) is 11.7. The van der Waals surface area contributed by atoms with Gasteiger partial charge in [0.05, 0.1) is 13.2 Å². The quantitative estimate of drug-likeness (QED) is 0.903. The zero-order valence-electron chi connectivity index (χ0n) is 9.43. The number of nitrogens with two attached hydrogens (primary N) is 1. The molecule has 0 aliphatic carbocycles. The molecule has 1 heterocycles. The monoisotopic (exact) mass is 252 g/mol. The van der Waals surface area contributed by atoms with Crippen LogP contribution in [-0.2, 0) is 6.54 Å². The van der Waals surface area contributed by atoms with E-state index in [2.05, 4.69) is 10.1 Å². The van der Waals surface area contributed by atoms with E-state index in [0.717, 1.165) is 5.56 Å². The molecule has 6 heteroatoms. The van der Waals surface area contributed by atoms with Crippen LogP contribution >= 0.6 is 11.6 Å². The van der Waals surface area contributed by atoms with Crippen LogP contribution < -0.4 is 10.5 Å². The minimum absolute atomic E-state index is 0.289. The summed E-state index contributed by atoms with van der Waals surface area (Å²) in [5, 5.41) is 4.82. The van der Waals surface area contributed by atoms with E-state index in [4.69, 9.17) is 22.1 Å². The molecule has 0 unspecified atom stereocenters. The number of benzene rings is 1. The van der Waals surface area contributed by atoms with E-state index in [1.165, 1.54) is 0 Å². The van der Waals surface area contributed by atoms with Crippen molar-refractivity contribution in [3.63, 3.8) is 0 Å². The summed E-state index contributed by atoms with van der Waals surface area (Å²) >= 11 is 6.06. The van der Waals surface area contributed by atoms with Gasteiger partial charge in [0.15, 0.2) is 0 Å². The third-order valence-electron chi connectivity index (χ3n) is 2.23. The Kier molecular flexibility index (Phi) is 3.49. The second kappa shape index (κ2) is 5.05. The number of aromatic nitrogens is 3. The van der Waals surface area contributed by atoms with Crippen molar-refractivity contribution >= 4 is 17.5 Å². The van der Waals surface area contributed by atoms with Gasteiger partial charge in [-0.3, -0.25) is 0 Å². The van der Waals surface area contributed by atoms with Gasteiger partial charge in [0.1, 0.15) is 0 Å². The topological polar surface area (TPSA) is 66.0 Å². The van der Waals surface area contributed by atoms with Crippen LogP contribution in [0.25, 0.3) is 0 Å². The third-order valence-corrected chi connectivity index (χ3v) is 2.60. The first-order valence-corrected chi connectivity index (χ1v) is 5.65. The van der Waals surface area contributed by atoms with E-state index in [-0.39, 0.29) is 6.01 Å². The number of anilines is 1. The van der Waals surface area contributed by atoms with Gasteiger partial charge in [0.25, 0.3) is 0 Å². The lowest BCUT2D eigenvalue weighted by molar-refractivity contribution is 0.311. The van der Waals surface area contributed by atoms with Crippen LogP contribution in [-0.4, -0.2) is 21.4 Å². The first-order chi connectivity index (χ1) is 8.20. The molecule has 0 radical (unpaired) electrons. The Morgan fingerprint density at radius 1 is 1.41 bits per heavy atom. The van der Waals surface area contributed by atoms with Crippen LogP contribution in [0.2, 0.25) is 5.02 Å². The lowest BCUT2D eigenvalue weighted by Crippen LogP contribution is -2.06. The predicted molar refractivity (Wildman–Crippen MR) is 66.2 cm³/mol. The molecule has 0 atom stereocenters. The first-order valence-electron chi connectivity index (χ1n) is 5.27. The Morgan fingerprint density at radius 3 is 2.88 bits per heavy atom. The van der Waals surface area contributed by atoms with Gasteiger partial charge < -0.3 is 10.5 Å². The highest BCUT2D eigenvalue weighted by molar-refractivity contribution is 6.31. The number of hydrogen-bond donors (Lipinski definition) is 1. The number of halogens is 1. The van der Waals surface area contributed by atoms with Gasteiger partial charge in [-0.25, -0.2) is 4.68 Å². The molecular weight excluding hydrogens is 240 g/mol. The fraction of sp³-hybridized carbons (Fsp3) is 0.273. The molecule has 17 heavy (non-hydrogen) atoms. The molecule has 90 valence electrons. The number of ether oxygens (including phenoxy) is 1. The standard InChI is InChI=1S/C11H13ClN4O/c1-2-17-11-14-10(13)16(15-11)7-8-5-3-4-6-9(8)12/h3-6H,2,7H2,1H3,(H2,13,14,15). The largest absolute Gasteiger partial charge is 0.463 e. The molecule has 5 nitrogen and oxygen atoms in total. The number of rotatable bonds is 4. The van der Waals surface area contributed by atoms with Crippen LogP contribution in [0.4, 0.5) is 5.95 Å². The molecule has 0 spiro atoms. The van der Waals surface area contributed by atoms with Crippen molar-refractivity contribution in [2.45, 2.75) is 13.5 Å². The van der Waals surface area contributed by atoms with Crippen molar-refractivity contribution in [3.8, 4) is 6.01 Å². The molecule has 0 aliphatic rings. The Labute approximate surface area is 104 Å². The summed E-state index contributed by atoms with van der Waals surface area (Å²) in [7, 11) is 0. The summed E-state index contributed by atoms with van der Waals surface area (Å²) < 4.78 is 6.74. The van der Waals surface area contributed by atoms with E-state index in [1.807, 2.05) is 31.2 Å². The molecule has 2 rings (SSSR count). The molecule has 0 fully saturated rings. The Balaban J connectivity index is 2.21. The minimum atomic E-state index is 0.289. The molecule has 0 saturated heterocycles. The normalized spacial score (nSPS) is 10.5. The lowest BCUT2D eigenvalue weighted by atomic mass is 10.2. The van der Waals surface area contributed by atoms with Gasteiger partial charge in [0.2, 0.25) is 5.95 Å². The molecule has 1 aromatic carbocycles. The highest BCUT2D eigenvalue weighted by Crippen LogP contribution is 2.17. The fourth-order valence-electron chi connectivity index (χ4n) is 1.43. The van der Waals surface area contributed by atoms with E-state index in [9.17, 15) is 0 Å². The van der Waals surface area contributed by atoms with Gasteiger partial charge in [0, 0.05) is 5.02 Å². The molecule has 0 saturated carbocycles. The van der Waals surface area contributed by atoms with Crippen molar-refractivity contribution < 1.29 is 4.74 Å². The zero-order valence-corrected chi connectivity index (χ0v) is 10.2. The highest BCUT2D eigenvalue weighted by atomic mass is 35.5. The second-order valence-corrected chi connectivity index (χ2v) is 3.84. The summed E-state index contributed by atoms with van der Waals surface area (Å²) in [6.07, 6.45) is 0. The summed E-state index contributed by atoms with van der Waals surface area (Å²) in [5.74, 6) is 0.313. The average Bonchev–Trinajstić information content (AvgIpc) is 2.63. The number of nitrogens with zero attached hydrogens (tertiary/aromatic N) is 3. The zero-order chi connectivity index (χ0) is 12.3. The Hall–Kier alpha value is -1.75. The smallest absolute Gasteiger partial charge is 0.337 e. The summed E-state index contributed by atoms with van der Waals surface area (Å²) in [6.45, 7) is 2.85. The molecular formula is C11H13ClN4O. The van der Waals surface area contributed by atoms with Gasteiger partial charge in [-0.05, 0) is 18.6 Å². The van der Waals surface area contributed by atoms with E-state index in [1.54, 1.807) is 4.68 Å². The maximum absolute atomic E-state index is 6.06.